The molecule has 102 valence electrons. The molecule has 0 aliphatic heterocycles. The second kappa shape index (κ2) is 6.68. The molecular formula is C15H11BrClNO2. The topological polar surface area (TPSA) is 38.7 Å². The number of halogens is 2. The van der Waals surface area contributed by atoms with E-state index in [4.69, 9.17) is 11.6 Å². The number of methoxy groups -OCH3 is 1. The number of benzene rings is 2. The number of hydrogen-bond acceptors (Lipinski definition) is 3. The van der Waals surface area contributed by atoms with Gasteiger partial charge in [0.1, 0.15) is 0 Å². The molecule has 0 radical (unpaired) electrons. The van der Waals surface area contributed by atoms with Crippen LogP contribution in [0.25, 0.3) is 0 Å². The molecule has 0 N–H and O–H groups in total. The van der Waals surface area contributed by atoms with E-state index in [0.717, 1.165) is 10.0 Å². The van der Waals surface area contributed by atoms with Crippen molar-refractivity contribution in [3.63, 3.8) is 0 Å². The Hall–Kier alpha value is -1.65. The molecule has 0 aromatic heterocycles. The number of ether oxygens (including phenoxy) is 1. The van der Waals surface area contributed by atoms with Crippen LogP contribution < -0.4 is 0 Å². The van der Waals surface area contributed by atoms with Crippen molar-refractivity contribution in [3.05, 3.63) is 63.1 Å². The quantitative estimate of drug-likeness (QED) is 0.596. The third-order valence-electron chi connectivity index (χ3n) is 2.57. The van der Waals surface area contributed by atoms with E-state index in [0.29, 0.717) is 16.3 Å². The zero-order chi connectivity index (χ0) is 14.5. The number of aliphatic imine (C=N–C) groups is 1. The van der Waals surface area contributed by atoms with Gasteiger partial charge in [-0.3, -0.25) is 4.99 Å². The fourth-order valence-electron chi connectivity index (χ4n) is 1.59. The van der Waals surface area contributed by atoms with Gasteiger partial charge in [0.05, 0.1) is 23.4 Å². The molecule has 20 heavy (non-hydrogen) atoms. The molecule has 3 nitrogen and oxygen atoms in total. The lowest BCUT2D eigenvalue weighted by Crippen LogP contribution is -2.00. The summed E-state index contributed by atoms with van der Waals surface area (Å²) in [6.07, 6.45) is 1.71. The van der Waals surface area contributed by atoms with E-state index in [1.54, 1.807) is 24.4 Å². The first-order valence-corrected chi connectivity index (χ1v) is 6.95. The lowest BCUT2D eigenvalue weighted by molar-refractivity contribution is 0.0601. The minimum atomic E-state index is -0.422. The number of esters is 1. The van der Waals surface area contributed by atoms with Gasteiger partial charge in [0.25, 0.3) is 0 Å². The maximum atomic E-state index is 11.4. The predicted octanol–water partition coefficient (Wildman–Crippen LogP) is 4.64. The second-order valence-corrected chi connectivity index (χ2v) is 5.29. The van der Waals surface area contributed by atoms with Crippen LogP contribution in [0.3, 0.4) is 0 Å². The van der Waals surface area contributed by atoms with Gasteiger partial charge in [-0.2, -0.15) is 0 Å². The fraction of sp³-hybridized carbons (Fsp3) is 0.0667. The molecule has 0 aliphatic carbocycles. The molecule has 0 aliphatic rings. The van der Waals surface area contributed by atoms with Gasteiger partial charge >= 0.3 is 5.97 Å². The molecule has 0 heterocycles. The van der Waals surface area contributed by atoms with Gasteiger partial charge in [-0.15, -0.1) is 0 Å². The lowest BCUT2D eigenvalue weighted by Gasteiger charge is -2.02. The molecule has 0 spiro atoms. The summed E-state index contributed by atoms with van der Waals surface area (Å²) in [6.45, 7) is 0. The maximum absolute atomic E-state index is 11.4. The van der Waals surface area contributed by atoms with E-state index in [2.05, 4.69) is 25.7 Å². The average Bonchev–Trinajstić information content (AvgIpc) is 2.45. The van der Waals surface area contributed by atoms with Crippen LogP contribution in [0, 0.1) is 0 Å². The summed E-state index contributed by atoms with van der Waals surface area (Å²) < 4.78 is 5.61. The summed E-state index contributed by atoms with van der Waals surface area (Å²) in [4.78, 5) is 15.7. The Balaban J connectivity index is 2.24. The highest BCUT2D eigenvalue weighted by Gasteiger charge is 2.07. The van der Waals surface area contributed by atoms with Crippen molar-refractivity contribution in [1.82, 2.24) is 0 Å². The van der Waals surface area contributed by atoms with Crippen LogP contribution in [0.1, 0.15) is 15.9 Å². The number of hydrogen-bond donors (Lipinski definition) is 0. The molecule has 0 saturated heterocycles. The Kier molecular flexibility index (Phi) is 4.93. The molecule has 0 unspecified atom stereocenters. The minimum Gasteiger partial charge on any atom is -0.465 e. The Bertz CT molecular complexity index is 671. The number of carbonyl (C=O) groups excluding carboxylic acids is 1. The van der Waals surface area contributed by atoms with Crippen LogP contribution in [0.4, 0.5) is 5.69 Å². The summed E-state index contributed by atoms with van der Waals surface area (Å²) in [6, 6.07) is 12.6. The number of rotatable bonds is 3. The second-order valence-electron chi connectivity index (χ2n) is 3.97. The minimum absolute atomic E-state index is 0.402. The van der Waals surface area contributed by atoms with Crippen molar-refractivity contribution in [2.45, 2.75) is 0 Å². The highest BCUT2D eigenvalue weighted by molar-refractivity contribution is 9.10. The fourth-order valence-corrected chi connectivity index (χ4v) is 2.23. The van der Waals surface area contributed by atoms with E-state index in [1.807, 2.05) is 24.3 Å². The standard InChI is InChI=1S/C15H11BrClNO2/c1-20-15(19)11-5-6-14(13(17)8-11)18-9-10-3-2-4-12(16)7-10/h2-9H,1H3/b18-9+. The molecule has 2 rings (SSSR count). The van der Waals surface area contributed by atoms with Gasteiger partial charge in [-0.25, -0.2) is 4.79 Å². The molecule has 0 atom stereocenters. The third kappa shape index (κ3) is 3.68. The van der Waals surface area contributed by atoms with Crippen LogP contribution in [0.2, 0.25) is 5.02 Å². The normalized spacial score (nSPS) is 10.8. The largest absolute Gasteiger partial charge is 0.465 e. The zero-order valence-electron chi connectivity index (χ0n) is 10.6. The van der Waals surface area contributed by atoms with Crippen molar-refractivity contribution in [2.75, 3.05) is 7.11 Å². The van der Waals surface area contributed by atoms with E-state index in [1.165, 1.54) is 7.11 Å². The van der Waals surface area contributed by atoms with Gasteiger partial charge in [0.15, 0.2) is 0 Å². The van der Waals surface area contributed by atoms with Crippen LogP contribution in [-0.2, 0) is 4.74 Å². The third-order valence-corrected chi connectivity index (χ3v) is 3.37. The van der Waals surface area contributed by atoms with E-state index in [-0.39, 0.29) is 0 Å². The van der Waals surface area contributed by atoms with Gasteiger partial charge in [-0.05, 0) is 35.9 Å². The molecule has 2 aromatic carbocycles. The van der Waals surface area contributed by atoms with Crippen molar-refractivity contribution in [1.29, 1.82) is 0 Å². The highest BCUT2D eigenvalue weighted by atomic mass is 79.9. The van der Waals surface area contributed by atoms with Crippen molar-refractivity contribution in [2.24, 2.45) is 4.99 Å². The predicted molar refractivity (Wildman–Crippen MR) is 84.2 cm³/mol. The Labute approximate surface area is 130 Å². The van der Waals surface area contributed by atoms with Crippen LogP contribution in [-0.4, -0.2) is 19.3 Å². The molecular weight excluding hydrogens is 342 g/mol. The first kappa shape index (κ1) is 14.8. The first-order chi connectivity index (χ1) is 9.60. The van der Waals surface area contributed by atoms with Gasteiger partial charge in [-0.1, -0.05) is 39.7 Å². The summed E-state index contributed by atoms with van der Waals surface area (Å²) in [5, 5.41) is 0.402. The number of nitrogens with zero attached hydrogens (tertiary/aromatic N) is 1. The van der Waals surface area contributed by atoms with Gasteiger partial charge in [0, 0.05) is 10.7 Å². The van der Waals surface area contributed by atoms with Gasteiger partial charge < -0.3 is 4.74 Å². The van der Waals surface area contributed by atoms with Gasteiger partial charge in [0.2, 0.25) is 0 Å². The van der Waals surface area contributed by atoms with Crippen LogP contribution in [0.15, 0.2) is 51.9 Å². The van der Waals surface area contributed by atoms with Crippen LogP contribution in [0.5, 0.6) is 0 Å². The molecule has 0 amide bonds. The molecule has 0 saturated carbocycles. The summed E-state index contributed by atoms with van der Waals surface area (Å²) >= 11 is 9.49. The lowest BCUT2D eigenvalue weighted by atomic mass is 10.2. The molecule has 0 fully saturated rings. The monoisotopic (exact) mass is 351 g/mol. The summed E-state index contributed by atoms with van der Waals surface area (Å²) in [5.74, 6) is -0.422. The van der Waals surface area contributed by atoms with E-state index >= 15 is 0 Å². The zero-order valence-corrected chi connectivity index (χ0v) is 13.0. The molecule has 2 aromatic rings. The maximum Gasteiger partial charge on any atom is 0.337 e. The molecule has 5 heteroatoms. The SMILES string of the molecule is COC(=O)c1ccc(/N=C/c2cccc(Br)c2)c(Cl)c1. The Morgan fingerprint density at radius 1 is 1.30 bits per heavy atom. The van der Waals surface area contributed by atoms with Crippen molar-refractivity contribution < 1.29 is 9.53 Å². The van der Waals surface area contributed by atoms with Crippen molar-refractivity contribution in [3.8, 4) is 0 Å². The summed E-state index contributed by atoms with van der Waals surface area (Å²) in [7, 11) is 1.33. The molecule has 0 bridgehead atoms. The first-order valence-electron chi connectivity index (χ1n) is 5.77. The van der Waals surface area contributed by atoms with Crippen molar-refractivity contribution >= 4 is 45.4 Å². The van der Waals surface area contributed by atoms with E-state index < -0.39 is 5.97 Å². The average molecular weight is 353 g/mol. The summed E-state index contributed by atoms with van der Waals surface area (Å²) in [5.41, 5.74) is 1.95. The Morgan fingerprint density at radius 3 is 2.75 bits per heavy atom. The highest BCUT2D eigenvalue weighted by Crippen LogP contribution is 2.26. The Morgan fingerprint density at radius 2 is 2.10 bits per heavy atom. The number of carbonyl (C=O) groups is 1. The van der Waals surface area contributed by atoms with E-state index in [9.17, 15) is 4.79 Å². The van der Waals surface area contributed by atoms with Crippen LogP contribution >= 0.6 is 27.5 Å². The smallest absolute Gasteiger partial charge is 0.337 e.